The molecule has 3 aromatic rings. The van der Waals surface area contributed by atoms with Crippen molar-refractivity contribution in [2.45, 2.75) is 18.6 Å². The molecule has 0 bridgehead atoms. The number of methoxy groups -OCH3 is 3. The van der Waals surface area contributed by atoms with Gasteiger partial charge in [0.1, 0.15) is 18.0 Å². The van der Waals surface area contributed by atoms with Crippen LogP contribution in [-0.2, 0) is 15.7 Å². The summed E-state index contributed by atoms with van der Waals surface area (Å²) < 4.78 is 54.8. The molecule has 1 aliphatic heterocycles. The Bertz CT molecular complexity index is 1390. The molecule has 216 valence electrons. The van der Waals surface area contributed by atoms with Gasteiger partial charge < -0.3 is 19.1 Å². The van der Waals surface area contributed by atoms with Crippen molar-refractivity contribution < 1.29 is 37.0 Å². The first-order valence-electron chi connectivity index (χ1n) is 12.8. The number of amides is 2. The number of hydrogen-bond donors (Lipinski definition) is 0. The number of carbonyl (C=O) groups excluding carboxylic acids is 2. The molecule has 11 heteroatoms. The van der Waals surface area contributed by atoms with Crippen LogP contribution in [0.15, 0.2) is 77.9 Å². The molecule has 0 aromatic heterocycles. The van der Waals surface area contributed by atoms with E-state index in [1.54, 1.807) is 26.4 Å². The largest absolute Gasteiger partial charge is 0.497 e. The molecule has 2 amide bonds. The minimum atomic E-state index is -4.53. The number of alkyl halides is 3. The molecule has 0 saturated carbocycles. The smallest absolute Gasteiger partial charge is 0.416 e. The first kappa shape index (κ1) is 29.6. The van der Waals surface area contributed by atoms with Crippen LogP contribution in [0, 0.1) is 0 Å². The second-order valence-electron chi connectivity index (χ2n) is 9.30. The van der Waals surface area contributed by atoms with Gasteiger partial charge in [0, 0.05) is 31.2 Å². The van der Waals surface area contributed by atoms with E-state index in [4.69, 9.17) is 14.2 Å². The van der Waals surface area contributed by atoms with Crippen molar-refractivity contribution >= 4 is 17.5 Å². The second kappa shape index (κ2) is 12.9. The van der Waals surface area contributed by atoms with E-state index in [-0.39, 0.29) is 25.3 Å². The summed E-state index contributed by atoms with van der Waals surface area (Å²) in [4.78, 5) is 28.3. The standard InChI is InChI=1S/C30H30F3N3O5/c1-39-16-15-35(29(38)21-7-11-23(12-8-21)30(31,32)33)19-28(37)36-27(20-9-13-24(40-2)14-10-20)18-26(34-36)22-5-4-6-25(17-22)41-3/h4-14,17,27H,15-16,18-19H2,1-3H3/t27-/m1/s1. The van der Waals surface area contributed by atoms with Crippen molar-refractivity contribution in [3.05, 3.63) is 95.1 Å². The van der Waals surface area contributed by atoms with Crippen LogP contribution in [-0.4, -0.2) is 68.5 Å². The van der Waals surface area contributed by atoms with Gasteiger partial charge in [-0.05, 0) is 54.1 Å². The predicted octanol–water partition coefficient (Wildman–Crippen LogP) is 5.19. The average Bonchev–Trinajstić information content (AvgIpc) is 3.44. The zero-order valence-corrected chi connectivity index (χ0v) is 22.9. The van der Waals surface area contributed by atoms with Crippen LogP contribution in [0.5, 0.6) is 11.5 Å². The summed E-state index contributed by atoms with van der Waals surface area (Å²) in [5.74, 6) is 0.247. The summed E-state index contributed by atoms with van der Waals surface area (Å²) in [5, 5.41) is 6.02. The first-order valence-corrected chi connectivity index (χ1v) is 12.8. The Balaban J connectivity index is 1.63. The van der Waals surface area contributed by atoms with Gasteiger partial charge in [0.05, 0.1) is 38.1 Å². The van der Waals surface area contributed by atoms with Gasteiger partial charge in [0.2, 0.25) is 0 Å². The fourth-order valence-electron chi connectivity index (χ4n) is 4.48. The number of hydrogen-bond acceptors (Lipinski definition) is 6. The van der Waals surface area contributed by atoms with Gasteiger partial charge in [-0.25, -0.2) is 5.01 Å². The monoisotopic (exact) mass is 569 g/mol. The SMILES string of the molecule is COCCN(CC(=O)N1N=C(c2cccc(OC)c2)C[C@@H]1c1ccc(OC)cc1)C(=O)c1ccc(C(F)(F)F)cc1. The van der Waals surface area contributed by atoms with E-state index >= 15 is 0 Å². The molecular formula is C30H30F3N3O5. The minimum absolute atomic E-state index is 0.0237. The Hall–Kier alpha value is -4.38. The van der Waals surface area contributed by atoms with E-state index in [1.165, 1.54) is 17.0 Å². The number of benzene rings is 3. The number of carbonyl (C=O) groups is 2. The Morgan fingerprint density at radius 3 is 2.24 bits per heavy atom. The maximum Gasteiger partial charge on any atom is 0.416 e. The first-order chi connectivity index (χ1) is 19.6. The summed E-state index contributed by atoms with van der Waals surface area (Å²) in [6, 6.07) is 18.1. The molecule has 3 aromatic carbocycles. The molecule has 8 nitrogen and oxygen atoms in total. The highest BCUT2D eigenvalue weighted by molar-refractivity contribution is 6.04. The van der Waals surface area contributed by atoms with Gasteiger partial charge in [0.15, 0.2) is 0 Å². The lowest BCUT2D eigenvalue weighted by molar-refractivity contribution is -0.137. The third-order valence-electron chi connectivity index (χ3n) is 6.71. The van der Waals surface area contributed by atoms with Crippen LogP contribution >= 0.6 is 0 Å². The van der Waals surface area contributed by atoms with E-state index in [0.29, 0.717) is 23.6 Å². The van der Waals surface area contributed by atoms with Gasteiger partial charge in [-0.2, -0.15) is 18.3 Å². The van der Waals surface area contributed by atoms with Crippen molar-refractivity contribution in [1.29, 1.82) is 0 Å². The molecule has 0 saturated heterocycles. The normalized spacial score (nSPS) is 14.9. The van der Waals surface area contributed by atoms with Crippen LogP contribution < -0.4 is 9.47 Å². The lowest BCUT2D eigenvalue weighted by atomic mass is 9.98. The predicted molar refractivity (Wildman–Crippen MR) is 146 cm³/mol. The number of rotatable bonds is 10. The molecule has 0 radical (unpaired) electrons. The molecule has 0 N–H and O–H groups in total. The fraction of sp³-hybridized carbons (Fsp3) is 0.300. The van der Waals surface area contributed by atoms with Crippen molar-refractivity contribution in [3.63, 3.8) is 0 Å². The summed E-state index contributed by atoms with van der Waals surface area (Å²) in [7, 11) is 4.58. The van der Waals surface area contributed by atoms with Gasteiger partial charge >= 0.3 is 6.18 Å². The molecule has 1 atom stereocenters. The summed E-state index contributed by atoms with van der Waals surface area (Å²) in [6.45, 7) is -0.180. The minimum Gasteiger partial charge on any atom is -0.497 e. The fourth-order valence-corrected chi connectivity index (χ4v) is 4.48. The van der Waals surface area contributed by atoms with Gasteiger partial charge in [0.25, 0.3) is 11.8 Å². The van der Waals surface area contributed by atoms with Gasteiger partial charge in [-0.15, -0.1) is 0 Å². The highest BCUT2D eigenvalue weighted by Gasteiger charge is 2.35. The molecule has 4 rings (SSSR count). The van der Waals surface area contributed by atoms with Crippen LogP contribution in [0.25, 0.3) is 0 Å². The topological polar surface area (TPSA) is 80.7 Å². The summed E-state index contributed by atoms with van der Waals surface area (Å²) >= 11 is 0. The third kappa shape index (κ3) is 7.04. The Kier molecular flexibility index (Phi) is 9.28. The maximum atomic E-state index is 13.7. The Morgan fingerprint density at radius 2 is 1.63 bits per heavy atom. The molecule has 0 fully saturated rings. The molecule has 41 heavy (non-hydrogen) atoms. The van der Waals surface area contributed by atoms with Crippen molar-refractivity contribution in [1.82, 2.24) is 9.91 Å². The highest BCUT2D eigenvalue weighted by Crippen LogP contribution is 2.34. The number of halogens is 3. The highest BCUT2D eigenvalue weighted by atomic mass is 19.4. The summed E-state index contributed by atoms with van der Waals surface area (Å²) in [6.07, 6.45) is -4.12. The van der Waals surface area contributed by atoms with Crippen molar-refractivity contribution in [2.24, 2.45) is 5.10 Å². The van der Waals surface area contributed by atoms with Crippen LogP contribution in [0.3, 0.4) is 0 Å². The molecule has 1 heterocycles. The Morgan fingerprint density at radius 1 is 0.951 bits per heavy atom. The maximum absolute atomic E-state index is 13.7. The summed E-state index contributed by atoms with van der Waals surface area (Å²) in [5.41, 5.74) is 1.42. The van der Waals surface area contributed by atoms with Crippen LogP contribution in [0.2, 0.25) is 0 Å². The van der Waals surface area contributed by atoms with Crippen LogP contribution in [0.4, 0.5) is 13.2 Å². The van der Waals surface area contributed by atoms with E-state index in [9.17, 15) is 22.8 Å². The number of ether oxygens (including phenoxy) is 3. The lowest BCUT2D eigenvalue weighted by Crippen LogP contribution is -2.42. The van der Waals surface area contributed by atoms with Gasteiger partial charge in [-0.3, -0.25) is 9.59 Å². The molecule has 1 aliphatic rings. The van der Waals surface area contributed by atoms with E-state index in [1.807, 2.05) is 36.4 Å². The van der Waals surface area contributed by atoms with Gasteiger partial charge in [-0.1, -0.05) is 24.3 Å². The zero-order chi connectivity index (χ0) is 29.6. The lowest BCUT2D eigenvalue weighted by Gasteiger charge is -2.27. The quantitative estimate of drug-likeness (QED) is 0.336. The van der Waals surface area contributed by atoms with E-state index < -0.39 is 29.6 Å². The van der Waals surface area contributed by atoms with Crippen LogP contribution in [0.1, 0.15) is 39.5 Å². The zero-order valence-electron chi connectivity index (χ0n) is 22.9. The van der Waals surface area contributed by atoms with E-state index in [2.05, 4.69) is 5.10 Å². The molecule has 0 aliphatic carbocycles. The molecule has 0 spiro atoms. The molecular weight excluding hydrogens is 539 g/mol. The average molecular weight is 570 g/mol. The Labute approximate surface area is 235 Å². The second-order valence-corrected chi connectivity index (χ2v) is 9.30. The van der Waals surface area contributed by atoms with Crippen molar-refractivity contribution in [2.75, 3.05) is 41.0 Å². The van der Waals surface area contributed by atoms with E-state index in [0.717, 1.165) is 35.4 Å². The third-order valence-corrected chi connectivity index (χ3v) is 6.71. The van der Waals surface area contributed by atoms with Crippen molar-refractivity contribution in [3.8, 4) is 11.5 Å². The molecule has 0 unspecified atom stereocenters. The number of hydrazone groups is 1. The number of nitrogens with zero attached hydrogens (tertiary/aromatic N) is 3.